The minimum atomic E-state index is -1.07. The molecule has 0 spiro atoms. The van der Waals surface area contributed by atoms with Crippen molar-refractivity contribution in [3.05, 3.63) is 24.3 Å². The first kappa shape index (κ1) is 26.1. The number of allylic oxidation sites excluding steroid dienone is 2. The summed E-state index contributed by atoms with van der Waals surface area (Å²) in [7, 11) is 4.37. The molecule has 10 heteroatoms. The largest absolute Gasteiger partial charge is 0.493 e. The summed E-state index contributed by atoms with van der Waals surface area (Å²) < 4.78 is 21.1. The molecule has 3 rings (SSSR count). The maximum atomic E-state index is 13.0. The van der Waals surface area contributed by atoms with Crippen LogP contribution in [0.5, 0.6) is 17.2 Å². The molecule has 0 saturated carbocycles. The number of hydrogen-bond donors (Lipinski definition) is 1. The van der Waals surface area contributed by atoms with Gasteiger partial charge in [-0.1, -0.05) is 26.0 Å². The minimum Gasteiger partial charge on any atom is -0.493 e. The van der Waals surface area contributed by atoms with Gasteiger partial charge in [-0.15, -0.1) is 0 Å². The molecule has 1 aromatic rings. The Morgan fingerprint density at radius 2 is 1.51 bits per heavy atom. The number of nitrogens with zero attached hydrogens (tertiary/aromatic N) is 1. The highest BCUT2D eigenvalue weighted by Crippen LogP contribution is 2.40. The molecule has 10 nitrogen and oxygen atoms in total. The number of ether oxygens (including phenoxy) is 4. The topological polar surface area (TPSA) is 120 Å². The molecular weight excluding hydrogens is 456 g/mol. The maximum Gasteiger partial charge on any atom is 0.329 e. The normalized spacial score (nSPS) is 19.9. The third kappa shape index (κ3) is 5.58. The summed E-state index contributed by atoms with van der Waals surface area (Å²) in [5.74, 6) is -1.91. The number of rotatable bonds is 10. The van der Waals surface area contributed by atoms with Crippen LogP contribution in [0.2, 0.25) is 0 Å². The number of methoxy groups -OCH3 is 3. The zero-order valence-electron chi connectivity index (χ0n) is 20.7. The summed E-state index contributed by atoms with van der Waals surface area (Å²) in [4.78, 5) is 52.5. The molecule has 3 atom stereocenters. The molecule has 1 aromatic carbocycles. The van der Waals surface area contributed by atoms with E-state index >= 15 is 0 Å². The van der Waals surface area contributed by atoms with Crippen molar-refractivity contribution in [2.45, 2.75) is 39.2 Å². The lowest BCUT2D eigenvalue weighted by Gasteiger charge is -2.26. The van der Waals surface area contributed by atoms with E-state index in [1.165, 1.54) is 21.3 Å². The third-order valence-corrected chi connectivity index (χ3v) is 6.11. The van der Waals surface area contributed by atoms with Gasteiger partial charge in [0.25, 0.3) is 5.91 Å². The van der Waals surface area contributed by atoms with Crippen LogP contribution in [0.1, 0.15) is 33.1 Å². The SMILES string of the molecule is COc1cc(NC(=O)COC(=O)C(CC(C)C)N2C(=O)C3CC=CCC3C2=O)cc(OC)c1OC. The van der Waals surface area contributed by atoms with Gasteiger partial charge >= 0.3 is 5.97 Å². The Kier molecular flexibility index (Phi) is 8.37. The number of anilines is 1. The number of benzene rings is 1. The first-order valence-corrected chi connectivity index (χ1v) is 11.5. The fourth-order valence-electron chi connectivity index (χ4n) is 4.47. The highest BCUT2D eigenvalue weighted by atomic mass is 16.5. The van der Waals surface area contributed by atoms with Crippen LogP contribution < -0.4 is 19.5 Å². The zero-order valence-corrected chi connectivity index (χ0v) is 20.7. The van der Waals surface area contributed by atoms with Gasteiger partial charge in [-0.05, 0) is 25.2 Å². The van der Waals surface area contributed by atoms with E-state index in [4.69, 9.17) is 18.9 Å². The standard InChI is InChI=1S/C25H32N2O8/c1-14(2)10-18(27-23(29)16-8-6-7-9-17(16)24(27)30)25(31)35-13-21(28)26-15-11-19(32-3)22(34-5)20(12-15)33-4/h6-7,11-12,14,16-18H,8-10,13H2,1-5H3,(H,26,28). The Labute approximate surface area is 204 Å². The molecule has 190 valence electrons. The van der Waals surface area contributed by atoms with Crippen LogP contribution in [0, 0.1) is 17.8 Å². The van der Waals surface area contributed by atoms with E-state index in [1.807, 2.05) is 26.0 Å². The van der Waals surface area contributed by atoms with Crippen molar-refractivity contribution in [2.24, 2.45) is 17.8 Å². The van der Waals surface area contributed by atoms with Crippen LogP contribution in [-0.2, 0) is 23.9 Å². The fraction of sp³-hybridized carbons (Fsp3) is 0.520. The lowest BCUT2D eigenvalue weighted by atomic mass is 9.85. The number of likely N-dealkylation sites (tertiary alicyclic amines) is 1. The second-order valence-corrected chi connectivity index (χ2v) is 8.92. The lowest BCUT2D eigenvalue weighted by molar-refractivity contribution is -0.160. The second-order valence-electron chi connectivity index (χ2n) is 8.92. The average Bonchev–Trinajstić information content (AvgIpc) is 3.10. The van der Waals surface area contributed by atoms with Gasteiger partial charge in [0.15, 0.2) is 18.1 Å². The average molecular weight is 489 g/mol. The van der Waals surface area contributed by atoms with Gasteiger partial charge in [0.2, 0.25) is 17.6 Å². The Bertz CT molecular complexity index is 968. The van der Waals surface area contributed by atoms with Crippen LogP contribution in [0.25, 0.3) is 0 Å². The predicted molar refractivity (Wildman–Crippen MR) is 126 cm³/mol. The van der Waals surface area contributed by atoms with Crippen molar-refractivity contribution in [3.63, 3.8) is 0 Å². The van der Waals surface area contributed by atoms with Crippen molar-refractivity contribution in [1.29, 1.82) is 0 Å². The zero-order chi connectivity index (χ0) is 25.7. The van der Waals surface area contributed by atoms with Crippen molar-refractivity contribution >= 4 is 29.4 Å². The van der Waals surface area contributed by atoms with Crippen LogP contribution in [0.15, 0.2) is 24.3 Å². The number of hydrogen-bond acceptors (Lipinski definition) is 8. The highest BCUT2D eigenvalue weighted by molar-refractivity contribution is 6.08. The number of amides is 3. The molecule has 35 heavy (non-hydrogen) atoms. The quantitative estimate of drug-likeness (QED) is 0.303. The van der Waals surface area contributed by atoms with Crippen LogP contribution >= 0.6 is 0 Å². The summed E-state index contributed by atoms with van der Waals surface area (Å²) in [6, 6.07) is 2.01. The molecule has 3 amide bonds. The summed E-state index contributed by atoms with van der Waals surface area (Å²) >= 11 is 0. The Morgan fingerprint density at radius 1 is 0.971 bits per heavy atom. The van der Waals surface area contributed by atoms with Crippen LogP contribution in [0.4, 0.5) is 5.69 Å². The molecule has 1 aliphatic heterocycles. The molecule has 0 bridgehead atoms. The summed E-state index contributed by atoms with van der Waals surface area (Å²) in [5, 5.41) is 2.62. The Hall–Kier alpha value is -3.56. The molecule has 1 fully saturated rings. The number of carbonyl (C=O) groups is 4. The van der Waals surface area contributed by atoms with Gasteiger partial charge in [0, 0.05) is 17.8 Å². The fourth-order valence-corrected chi connectivity index (χ4v) is 4.47. The van der Waals surface area contributed by atoms with E-state index in [0.717, 1.165) is 4.90 Å². The van der Waals surface area contributed by atoms with E-state index in [9.17, 15) is 19.2 Å². The van der Waals surface area contributed by atoms with E-state index in [0.29, 0.717) is 35.8 Å². The second kappa shape index (κ2) is 11.2. The number of imide groups is 1. The number of esters is 1. The monoisotopic (exact) mass is 488 g/mol. The maximum absolute atomic E-state index is 13.0. The van der Waals surface area contributed by atoms with Gasteiger partial charge in [0.05, 0.1) is 33.2 Å². The predicted octanol–water partition coefficient (Wildman–Crippen LogP) is 2.56. The number of fused-ring (bicyclic) bond motifs is 1. The van der Waals surface area contributed by atoms with E-state index < -0.39 is 36.4 Å². The molecular formula is C25H32N2O8. The summed E-state index contributed by atoms with van der Waals surface area (Å²) in [6.07, 6.45) is 4.98. The summed E-state index contributed by atoms with van der Waals surface area (Å²) in [6.45, 7) is 3.18. The van der Waals surface area contributed by atoms with E-state index in [2.05, 4.69) is 5.32 Å². The first-order chi connectivity index (χ1) is 16.7. The third-order valence-electron chi connectivity index (χ3n) is 6.11. The first-order valence-electron chi connectivity index (χ1n) is 11.5. The molecule has 1 aliphatic carbocycles. The Balaban J connectivity index is 1.69. The van der Waals surface area contributed by atoms with E-state index in [1.54, 1.807) is 12.1 Å². The van der Waals surface area contributed by atoms with Gasteiger partial charge in [-0.3, -0.25) is 19.3 Å². The van der Waals surface area contributed by atoms with Gasteiger partial charge in [-0.2, -0.15) is 0 Å². The molecule has 1 N–H and O–H groups in total. The van der Waals surface area contributed by atoms with Gasteiger partial charge in [0.1, 0.15) is 6.04 Å². The van der Waals surface area contributed by atoms with Gasteiger partial charge < -0.3 is 24.3 Å². The molecule has 1 heterocycles. The van der Waals surface area contributed by atoms with Crippen molar-refractivity contribution in [2.75, 3.05) is 33.3 Å². The molecule has 0 aromatic heterocycles. The molecule has 3 unspecified atom stereocenters. The smallest absolute Gasteiger partial charge is 0.329 e. The van der Waals surface area contributed by atoms with Crippen molar-refractivity contribution in [3.8, 4) is 17.2 Å². The lowest BCUT2D eigenvalue weighted by Crippen LogP contribution is -2.47. The van der Waals surface area contributed by atoms with Crippen molar-refractivity contribution in [1.82, 2.24) is 4.90 Å². The minimum absolute atomic E-state index is 0.0157. The van der Waals surface area contributed by atoms with E-state index in [-0.39, 0.29) is 24.2 Å². The van der Waals surface area contributed by atoms with Crippen LogP contribution in [0.3, 0.4) is 0 Å². The van der Waals surface area contributed by atoms with Gasteiger partial charge in [-0.25, -0.2) is 4.79 Å². The van der Waals surface area contributed by atoms with Crippen LogP contribution in [-0.4, -0.2) is 62.6 Å². The number of carbonyl (C=O) groups excluding carboxylic acids is 4. The number of nitrogens with one attached hydrogen (secondary N) is 1. The van der Waals surface area contributed by atoms with Crippen molar-refractivity contribution < 1.29 is 38.1 Å². The molecule has 0 radical (unpaired) electrons. The molecule has 1 saturated heterocycles. The summed E-state index contributed by atoms with van der Waals surface area (Å²) in [5.41, 5.74) is 0.348. The Morgan fingerprint density at radius 3 is 1.97 bits per heavy atom. The molecule has 2 aliphatic rings. The highest BCUT2D eigenvalue weighted by Gasteiger charge is 2.51.